The van der Waals surface area contributed by atoms with Crippen molar-refractivity contribution in [3.8, 4) is 23.0 Å². The quantitative estimate of drug-likeness (QED) is 0.0590. The van der Waals surface area contributed by atoms with Crippen molar-refractivity contribution in [2.45, 2.75) is 58.7 Å². The van der Waals surface area contributed by atoms with Gasteiger partial charge in [-0.3, -0.25) is 4.79 Å². The van der Waals surface area contributed by atoms with Crippen molar-refractivity contribution in [1.29, 1.82) is 0 Å². The highest BCUT2D eigenvalue weighted by Crippen LogP contribution is 2.23. The Morgan fingerprint density at radius 1 is 0.810 bits per heavy atom. The molecule has 0 N–H and O–H groups in total. The lowest BCUT2D eigenvalue weighted by molar-refractivity contribution is -0.140. The van der Waals surface area contributed by atoms with Crippen molar-refractivity contribution >= 4 is 11.7 Å². The highest BCUT2D eigenvalue weighted by Gasteiger charge is 2.12. The van der Waals surface area contributed by atoms with E-state index in [1.54, 1.807) is 7.11 Å². The first-order chi connectivity index (χ1) is 20.6. The zero-order chi connectivity index (χ0) is 29.6. The molecular weight excluding hydrogens is 532 g/mol. The maximum absolute atomic E-state index is 11.3. The van der Waals surface area contributed by atoms with Crippen LogP contribution in [0.3, 0.4) is 0 Å². The minimum Gasteiger partial charge on any atom is -0.497 e. The number of hydrogen-bond acceptors (Lipinski definition) is 8. The zero-order valence-corrected chi connectivity index (χ0v) is 24.5. The lowest BCUT2D eigenvalue weighted by atomic mass is 10.0. The van der Waals surface area contributed by atoms with Crippen LogP contribution in [0.1, 0.15) is 61.1 Å². The summed E-state index contributed by atoms with van der Waals surface area (Å²) in [4.78, 5) is 21.7. The third kappa shape index (κ3) is 9.23. The number of aromatic nitrogens is 1. The molecule has 0 spiro atoms. The molecule has 0 aliphatic carbocycles. The standard InChI is InChI=1S/C34H38N2O6/c1-25-32(35-34(42-25)28-11-7-6-8-12-28)24-40-30-19-15-26(16-20-30)23-41-36-31(27-17-21-29(38-2)22-18-27)13-9-4-5-10-14-33(37)39-3/h6-8,11-12,15-22H,4-5,9-10,13-14,23-24H2,1-3H3/b36-31-. The molecule has 0 aliphatic heterocycles. The molecule has 8 heteroatoms. The van der Waals surface area contributed by atoms with Gasteiger partial charge in [-0.25, -0.2) is 4.98 Å². The van der Waals surface area contributed by atoms with E-state index in [1.165, 1.54) is 7.11 Å². The van der Waals surface area contributed by atoms with E-state index >= 15 is 0 Å². The number of hydrogen-bond donors (Lipinski definition) is 0. The van der Waals surface area contributed by atoms with Crippen LogP contribution in [0.25, 0.3) is 11.5 Å². The van der Waals surface area contributed by atoms with E-state index in [1.807, 2.05) is 85.8 Å². The minimum absolute atomic E-state index is 0.161. The van der Waals surface area contributed by atoms with Gasteiger partial charge in [-0.2, -0.15) is 0 Å². The van der Waals surface area contributed by atoms with Crippen LogP contribution < -0.4 is 9.47 Å². The lowest BCUT2D eigenvalue weighted by Crippen LogP contribution is -2.03. The summed E-state index contributed by atoms with van der Waals surface area (Å²) in [5, 5.41) is 4.49. The number of ether oxygens (including phenoxy) is 3. The molecular formula is C34H38N2O6. The molecule has 42 heavy (non-hydrogen) atoms. The van der Waals surface area contributed by atoms with Crippen LogP contribution in [0.2, 0.25) is 0 Å². The highest BCUT2D eigenvalue weighted by molar-refractivity contribution is 6.00. The molecule has 4 aromatic rings. The predicted molar refractivity (Wildman–Crippen MR) is 161 cm³/mol. The van der Waals surface area contributed by atoms with Gasteiger partial charge in [0, 0.05) is 12.0 Å². The number of carbonyl (C=O) groups excluding carboxylic acids is 1. The van der Waals surface area contributed by atoms with E-state index < -0.39 is 0 Å². The second-order valence-corrected chi connectivity index (χ2v) is 9.85. The molecule has 0 bridgehead atoms. The van der Waals surface area contributed by atoms with E-state index in [9.17, 15) is 4.79 Å². The number of oxime groups is 1. The van der Waals surface area contributed by atoms with Gasteiger partial charge < -0.3 is 23.5 Å². The van der Waals surface area contributed by atoms with Crippen molar-refractivity contribution in [3.05, 3.63) is 101 Å². The number of nitrogens with zero attached hydrogens (tertiary/aromatic N) is 2. The monoisotopic (exact) mass is 570 g/mol. The molecule has 0 atom stereocenters. The Labute approximate surface area is 247 Å². The molecule has 8 nitrogen and oxygen atoms in total. The topological polar surface area (TPSA) is 92.4 Å². The van der Waals surface area contributed by atoms with E-state index in [-0.39, 0.29) is 5.97 Å². The molecule has 220 valence electrons. The fraction of sp³-hybridized carbons (Fsp3) is 0.324. The van der Waals surface area contributed by atoms with Crippen LogP contribution in [-0.4, -0.2) is 30.9 Å². The van der Waals surface area contributed by atoms with Crippen LogP contribution >= 0.6 is 0 Å². The number of benzene rings is 3. The molecule has 0 saturated heterocycles. The summed E-state index contributed by atoms with van der Waals surface area (Å²) in [6.07, 6.45) is 4.95. The number of carbonyl (C=O) groups is 1. The maximum atomic E-state index is 11.3. The van der Waals surface area contributed by atoms with Gasteiger partial charge in [-0.15, -0.1) is 0 Å². The number of esters is 1. The largest absolute Gasteiger partial charge is 0.497 e. The number of rotatable bonds is 16. The molecule has 0 amide bonds. The van der Waals surface area contributed by atoms with Crippen molar-refractivity contribution in [3.63, 3.8) is 0 Å². The first kappa shape index (κ1) is 30.4. The summed E-state index contributed by atoms with van der Waals surface area (Å²) in [6.45, 7) is 2.54. The zero-order valence-electron chi connectivity index (χ0n) is 24.5. The Bertz CT molecular complexity index is 1410. The third-order valence-electron chi connectivity index (χ3n) is 6.81. The minimum atomic E-state index is -0.161. The maximum Gasteiger partial charge on any atom is 0.305 e. The van der Waals surface area contributed by atoms with Gasteiger partial charge in [0.1, 0.15) is 36.2 Å². The second kappa shape index (κ2) is 16.0. The Kier molecular flexibility index (Phi) is 11.6. The average molecular weight is 571 g/mol. The van der Waals surface area contributed by atoms with E-state index in [2.05, 4.69) is 10.1 Å². The summed E-state index contributed by atoms with van der Waals surface area (Å²) >= 11 is 0. The number of oxazole rings is 1. The van der Waals surface area contributed by atoms with Gasteiger partial charge in [-0.05, 0) is 85.8 Å². The fourth-order valence-electron chi connectivity index (χ4n) is 4.33. The van der Waals surface area contributed by atoms with Crippen LogP contribution in [-0.2, 0) is 27.6 Å². The van der Waals surface area contributed by atoms with Gasteiger partial charge in [0.2, 0.25) is 5.89 Å². The molecule has 0 fully saturated rings. The number of aryl methyl sites for hydroxylation is 1. The van der Waals surface area contributed by atoms with Crippen molar-refractivity contribution < 1.29 is 28.3 Å². The van der Waals surface area contributed by atoms with Gasteiger partial charge >= 0.3 is 5.97 Å². The average Bonchev–Trinajstić information content (AvgIpc) is 3.41. The number of unbranched alkanes of at least 4 members (excludes halogenated alkanes) is 3. The van der Waals surface area contributed by atoms with Crippen LogP contribution in [0.15, 0.2) is 88.4 Å². The molecule has 0 saturated carbocycles. The van der Waals surface area contributed by atoms with Crippen LogP contribution in [0, 0.1) is 6.92 Å². The normalized spacial score (nSPS) is 11.3. The molecule has 0 unspecified atom stereocenters. The van der Waals surface area contributed by atoms with Gasteiger partial charge in [0.05, 0.1) is 19.9 Å². The summed E-state index contributed by atoms with van der Waals surface area (Å²) < 4.78 is 21.8. The predicted octanol–water partition coefficient (Wildman–Crippen LogP) is 7.67. The first-order valence-electron chi connectivity index (χ1n) is 14.2. The Morgan fingerprint density at radius 3 is 2.19 bits per heavy atom. The van der Waals surface area contributed by atoms with Crippen molar-refractivity contribution in [1.82, 2.24) is 4.98 Å². The van der Waals surface area contributed by atoms with Gasteiger partial charge in [-0.1, -0.05) is 48.3 Å². The van der Waals surface area contributed by atoms with E-state index in [4.69, 9.17) is 23.5 Å². The van der Waals surface area contributed by atoms with E-state index in [0.29, 0.717) is 25.5 Å². The van der Waals surface area contributed by atoms with Crippen molar-refractivity contribution in [2.24, 2.45) is 5.16 Å². The second-order valence-electron chi connectivity index (χ2n) is 9.85. The molecule has 1 heterocycles. The lowest BCUT2D eigenvalue weighted by Gasteiger charge is -2.09. The SMILES string of the molecule is COC(=O)CCCCCC/C(=N/OCc1ccc(OCc2nc(-c3ccccc3)oc2C)cc1)c1ccc(OC)cc1. The summed E-state index contributed by atoms with van der Waals surface area (Å²) in [6, 6.07) is 25.4. The smallest absolute Gasteiger partial charge is 0.305 e. The third-order valence-corrected chi connectivity index (χ3v) is 6.81. The summed E-state index contributed by atoms with van der Waals surface area (Å²) in [5.41, 5.74) is 4.55. The molecule has 3 aromatic carbocycles. The van der Waals surface area contributed by atoms with Crippen LogP contribution in [0.4, 0.5) is 0 Å². The highest BCUT2D eigenvalue weighted by atomic mass is 16.6. The Hall–Kier alpha value is -4.59. The van der Waals surface area contributed by atoms with Gasteiger partial charge in [0.15, 0.2) is 0 Å². The molecule has 0 aliphatic rings. The fourth-order valence-corrected chi connectivity index (χ4v) is 4.33. The first-order valence-corrected chi connectivity index (χ1v) is 14.2. The van der Waals surface area contributed by atoms with Crippen molar-refractivity contribution in [2.75, 3.05) is 14.2 Å². The summed E-state index contributed by atoms with van der Waals surface area (Å²) in [7, 11) is 3.07. The van der Waals surface area contributed by atoms with E-state index in [0.717, 1.165) is 77.5 Å². The van der Waals surface area contributed by atoms with Crippen LogP contribution in [0.5, 0.6) is 11.5 Å². The van der Waals surface area contributed by atoms with Gasteiger partial charge in [0.25, 0.3) is 0 Å². The summed E-state index contributed by atoms with van der Waals surface area (Å²) in [5.74, 6) is 2.69. The molecule has 1 aromatic heterocycles. The Balaban J connectivity index is 1.29. The Morgan fingerprint density at radius 2 is 1.50 bits per heavy atom. The number of methoxy groups -OCH3 is 2. The molecule has 0 radical (unpaired) electrons. The molecule has 4 rings (SSSR count).